The van der Waals surface area contributed by atoms with E-state index in [9.17, 15) is 22.8 Å². The van der Waals surface area contributed by atoms with Crippen LogP contribution in [0.15, 0.2) is 30.5 Å². The Morgan fingerprint density at radius 2 is 1.77 bits per heavy atom. The van der Waals surface area contributed by atoms with Crippen LogP contribution in [0.4, 0.5) is 17.6 Å². The number of rotatable bonds is 3. The van der Waals surface area contributed by atoms with E-state index in [-0.39, 0.29) is 12.2 Å². The number of benzene rings is 1. The smallest absolute Gasteiger partial charge is 0.204 e. The molecule has 0 saturated heterocycles. The molecular formula is C18H11F4N3O. The summed E-state index contributed by atoms with van der Waals surface area (Å²) in [6, 6.07) is 7.57. The summed E-state index contributed by atoms with van der Waals surface area (Å²) in [6.07, 6.45) is 1.40. The predicted octanol–water partition coefficient (Wildman–Crippen LogP) is 3.91. The van der Waals surface area contributed by atoms with Gasteiger partial charge in [0.25, 0.3) is 0 Å². The SMILES string of the molecule is CCOc1c(F)c(F)c(-c2cc(C#N)c3ccccn3c2=N)c(F)c1F. The average Bonchev–Trinajstić information content (AvgIpc) is 2.65. The third kappa shape index (κ3) is 2.49. The van der Waals surface area contributed by atoms with Crippen LogP contribution in [0, 0.1) is 40.0 Å². The maximum absolute atomic E-state index is 14.5. The number of ether oxygens (including phenoxy) is 1. The lowest BCUT2D eigenvalue weighted by Crippen LogP contribution is -2.19. The molecule has 26 heavy (non-hydrogen) atoms. The lowest BCUT2D eigenvalue weighted by Gasteiger charge is -2.14. The summed E-state index contributed by atoms with van der Waals surface area (Å²) < 4.78 is 63.1. The predicted molar refractivity (Wildman–Crippen MR) is 84.4 cm³/mol. The van der Waals surface area contributed by atoms with Gasteiger partial charge in [0, 0.05) is 11.8 Å². The number of hydrogen-bond donors (Lipinski definition) is 1. The molecule has 0 unspecified atom stereocenters. The highest BCUT2D eigenvalue weighted by atomic mass is 19.2. The molecule has 1 N–H and O–H groups in total. The topological polar surface area (TPSA) is 61.3 Å². The van der Waals surface area contributed by atoms with E-state index in [2.05, 4.69) is 4.74 Å². The van der Waals surface area contributed by atoms with Crippen LogP contribution >= 0.6 is 0 Å². The molecule has 3 rings (SSSR count). The van der Waals surface area contributed by atoms with Gasteiger partial charge in [0.2, 0.25) is 11.6 Å². The molecule has 0 aliphatic heterocycles. The summed E-state index contributed by atoms with van der Waals surface area (Å²) in [6.45, 7) is 1.21. The van der Waals surface area contributed by atoms with E-state index < -0.39 is 45.6 Å². The molecular weight excluding hydrogens is 350 g/mol. The second-order valence-corrected chi connectivity index (χ2v) is 5.28. The molecule has 0 bridgehead atoms. The van der Waals surface area contributed by atoms with Crippen molar-refractivity contribution in [1.29, 1.82) is 10.7 Å². The molecule has 0 aliphatic rings. The summed E-state index contributed by atoms with van der Waals surface area (Å²) in [7, 11) is 0. The van der Waals surface area contributed by atoms with Gasteiger partial charge in [-0.3, -0.25) is 5.41 Å². The van der Waals surface area contributed by atoms with Crippen molar-refractivity contribution in [2.75, 3.05) is 6.61 Å². The Kier molecular flexibility index (Phi) is 4.38. The van der Waals surface area contributed by atoms with Crippen LogP contribution in [0.2, 0.25) is 0 Å². The van der Waals surface area contributed by atoms with Gasteiger partial charge in [-0.15, -0.1) is 0 Å². The van der Waals surface area contributed by atoms with Crippen LogP contribution < -0.4 is 10.2 Å². The molecule has 132 valence electrons. The fourth-order valence-electron chi connectivity index (χ4n) is 2.67. The Bertz CT molecular complexity index is 1100. The van der Waals surface area contributed by atoms with Crippen molar-refractivity contribution in [2.45, 2.75) is 6.92 Å². The number of pyridine rings is 2. The van der Waals surface area contributed by atoms with E-state index in [4.69, 9.17) is 5.41 Å². The second kappa shape index (κ2) is 6.52. The molecule has 0 aliphatic carbocycles. The fourth-order valence-corrected chi connectivity index (χ4v) is 2.67. The molecule has 8 heteroatoms. The van der Waals surface area contributed by atoms with Gasteiger partial charge in [-0.1, -0.05) is 6.07 Å². The summed E-state index contributed by atoms with van der Waals surface area (Å²) in [5.74, 6) is -7.94. The van der Waals surface area contributed by atoms with Crippen LogP contribution in [-0.4, -0.2) is 11.0 Å². The molecule has 3 aromatic rings. The van der Waals surface area contributed by atoms with Crippen molar-refractivity contribution < 1.29 is 22.3 Å². The van der Waals surface area contributed by atoms with Crippen molar-refractivity contribution in [3.63, 3.8) is 0 Å². The molecule has 0 radical (unpaired) electrons. The lowest BCUT2D eigenvalue weighted by atomic mass is 10.0. The van der Waals surface area contributed by atoms with Gasteiger partial charge in [0.1, 0.15) is 11.6 Å². The minimum absolute atomic E-state index is 0.00917. The van der Waals surface area contributed by atoms with Gasteiger partial charge < -0.3 is 9.14 Å². The van der Waals surface area contributed by atoms with E-state index in [1.807, 2.05) is 6.07 Å². The number of aromatic nitrogens is 1. The van der Waals surface area contributed by atoms with Crippen LogP contribution in [0.3, 0.4) is 0 Å². The first kappa shape index (κ1) is 17.5. The third-order valence-electron chi connectivity index (χ3n) is 3.82. The van der Waals surface area contributed by atoms with E-state index in [1.54, 1.807) is 12.1 Å². The first-order valence-corrected chi connectivity index (χ1v) is 7.50. The second-order valence-electron chi connectivity index (χ2n) is 5.28. The molecule has 0 fully saturated rings. The molecule has 0 amide bonds. The van der Waals surface area contributed by atoms with Gasteiger partial charge in [-0.25, -0.2) is 8.78 Å². The van der Waals surface area contributed by atoms with Gasteiger partial charge in [-0.2, -0.15) is 14.0 Å². The molecule has 2 aromatic heterocycles. The number of fused-ring (bicyclic) bond motifs is 1. The molecule has 0 spiro atoms. The zero-order chi connectivity index (χ0) is 19.0. The standard InChI is InChI=1S/C18H11F4N3O/c1-2-26-17-15(21)13(19)12(14(20)16(17)22)10-7-9(8-23)11-5-3-4-6-25(11)18(10)24/h3-7,24H,2H2,1H3. The number of hydrogen-bond acceptors (Lipinski definition) is 3. The summed E-state index contributed by atoms with van der Waals surface area (Å²) in [4.78, 5) is 0. The monoisotopic (exact) mass is 361 g/mol. The maximum Gasteiger partial charge on any atom is 0.204 e. The highest BCUT2D eigenvalue weighted by molar-refractivity contribution is 5.72. The van der Waals surface area contributed by atoms with Crippen LogP contribution in [0.1, 0.15) is 12.5 Å². The molecule has 4 nitrogen and oxygen atoms in total. The zero-order valence-electron chi connectivity index (χ0n) is 13.4. The van der Waals surface area contributed by atoms with Crippen molar-refractivity contribution >= 4 is 5.52 Å². The van der Waals surface area contributed by atoms with Crippen molar-refractivity contribution in [1.82, 2.24) is 4.40 Å². The first-order chi connectivity index (χ1) is 12.4. The Morgan fingerprint density at radius 1 is 1.12 bits per heavy atom. The Balaban J connectivity index is 2.44. The normalized spacial score (nSPS) is 10.8. The highest BCUT2D eigenvalue weighted by Crippen LogP contribution is 2.35. The molecule has 1 aromatic carbocycles. The molecule has 0 atom stereocenters. The highest BCUT2D eigenvalue weighted by Gasteiger charge is 2.28. The Hall–Kier alpha value is -3.34. The van der Waals surface area contributed by atoms with Crippen molar-refractivity contribution in [3.8, 4) is 22.9 Å². The fraction of sp³-hybridized carbons (Fsp3) is 0.111. The van der Waals surface area contributed by atoms with Gasteiger partial charge in [-0.05, 0) is 25.1 Å². The average molecular weight is 361 g/mol. The minimum atomic E-state index is -1.70. The maximum atomic E-state index is 14.5. The number of nitrogens with zero attached hydrogens (tertiary/aromatic N) is 2. The van der Waals surface area contributed by atoms with Crippen LogP contribution in [-0.2, 0) is 0 Å². The van der Waals surface area contributed by atoms with Crippen molar-refractivity contribution in [3.05, 3.63) is 64.8 Å². The first-order valence-electron chi connectivity index (χ1n) is 7.50. The van der Waals surface area contributed by atoms with Gasteiger partial charge >= 0.3 is 0 Å². The largest absolute Gasteiger partial charge is 0.488 e. The minimum Gasteiger partial charge on any atom is -0.488 e. The summed E-state index contributed by atoms with van der Waals surface area (Å²) >= 11 is 0. The van der Waals surface area contributed by atoms with Crippen LogP contribution in [0.25, 0.3) is 16.6 Å². The molecule has 2 heterocycles. The summed E-state index contributed by atoms with van der Waals surface area (Å²) in [5.41, 5.74) is -1.65. The van der Waals surface area contributed by atoms with E-state index >= 15 is 0 Å². The zero-order valence-corrected chi connectivity index (χ0v) is 13.4. The number of halogens is 4. The number of nitriles is 1. The van der Waals surface area contributed by atoms with Crippen molar-refractivity contribution in [2.24, 2.45) is 0 Å². The van der Waals surface area contributed by atoms with E-state index in [0.29, 0.717) is 5.52 Å². The van der Waals surface area contributed by atoms with Gasteiger partial charge in [0.05, 0.1) is 23.3 Å². The third-order valence-corrected chi connectivity index (χ3v) is 3.82. The van der Waals surface area contributed by atoms with Gasteiger partial charge in [0.15, 0.2) is 17.4 Å². The quantitative estimate of drug-likeness (QED) is 0.568. The van der Waals surface area contributed by atoms with E-state index in [1.165, 1.54) is 23.6 Å². The molecule has 0 saturated carbocycles. The number of nitrogens with one attached hydrogen (secondary N) is 1. The Labute approximate surface area is 145 Å². The van der Waals surface area contributed by atoms with Crippen LogP contribution in [0.5, 0.6) is 5.75 Å². The summed E-state index contributed by atoms with van der Waals surface area (Å²) in [5, 5.41) is 17.4. The Morgan fingerprint density at radius 3 is 2.35 bits per heavy atom. The lowest BCUT2D eigenvalue weighted by molar-refractivity contribution is 0.287. The van der Waals surface area contributed by atoms with E-state index in [0.717, 1.165) is 6.07 Å².